The summed E-state index contributed by atoms with van der Waals surface area (Å²) in [5.41, 5.74) is 1.56. The van der Waals surface area contributed by atoms with Crippen LogP contribution in [0.5, 0.6) is 0 Å². The first kappa shape index (κ1) is 11.4. The van der Waals surface area contributed by atoms with Crippen molar-refractivity contribution in [2.24, 2.45) is 0 Å². The van der Waals surface area contributed by atoms with Crippen molar-refractivity contribution in [1.29, 1.82) is 0 Å². The lowest BCUT2D eigenvalue weighted by Gasteiger charge is -2.23. The average molecular weight is 245 g/mol. The number of nitrogens with one attached hydrogen (secondary N) is 1. The van der Waals surface area contributed by atoms with Gasteiger partial charge in [0.25, 0.3) is 0 Å². The van der Waals surface area contributed by atoms with Gasteiger partial charge < -0.3 is 15.2 Å². The first-order valence-electron chi connectivity index (χ1n) is 5.96. The Morgan fingerprint density at radius 3 is 2.39 bits per heavy atom. The van der Waals surface area contributed by atoms with E-state index in [1.807, 2.05) is 24.3 Å². The Labute approximate surface area is 105 Å². The number of nitrogens with zero attached hydrogens (tertiary/aromatic N) is 2. The quantitative estimate of drug-likeness (QED) is 0.753. The van der Waals surface area contributed by atoms with E-state index in [2.05, 4.69) is 9.97 Å². The molecule has 0 saturated heterocycles. The smallest absolute Gasteiger partial charge is 0.136 e. The number of aromatic amines is 1. The van der Waals surface area contributed by atoms with Crippen LogP contribution in [0.4, 0.5) is 0 Å². The molecule has 0 amide bonds. The molecule has 0 radical (unpaired) electrons. The van der Waals surface area contributed by atoms with Crippen molar-refractivity contribution in [2.45, 2.75) is 18.9 Å². The molecule has 2 aromatic rings. The Hall–Kier alpha value is -1.69. The fraction of sp³-hybridized carbons (Fsp3) is 0.308. The van der Waals surface area contributed by atoms with Crippen LogP contribution in [0.3, 0.4) is 0 Å². The number of hydrogen-bond donors (Lipinski definition) is 3. The first-order valence-corrected chi connectivity index (χ1v) is 5.96. The number of H-pyrrole nitrogens is 1. The lowest BCUT2D eigenvalue weighted by molar-refractivity contribution is -0.0836. The molecule has 3 rings (SSSR count). The number of rotatable bonds is 3. The molecule has 0 saturated carbocycles. The van der Waals surface area contributed by atoms with Gasteiger partial charge in [-0.2, -0.15) is 0 Å². The summed E-state index contributed by atoms with van der Waals surface area (Å²) in [5, 5.41) is 20.4. The zero-order valence-corrected chi connectivity index (χ0v) is 9.82. The summed E-state index contributed by atoms with van der Waals surface area (Å²) in [5.74, 6) is 0.852. The average Bonchev–Trinajstić information content (AvgIpc) is 2.98. The monoisotopic (exact) mass is 245 g/mol. The standard InChI is InChI=1S/C13H15N3O2/c17-12-9-3-1-2-4-10(9)13(18)16(12)8-5-11-14-6-7-15-11/h1-4,6-7,12-13,17-18H,5,8H2,(H,14,15). The largest absolute Gasteiger partial charge is 0.374 e. The van der Waals surface area contributed by atoms with Crippen LogP contribution in [0, 0.1) is 0 Å². The highest BCUT2D eigenvalue weighted by Crippen LogP contribution is 2.38. The Bertz CT molecular complexity index is 498. The van der Waals surface area contributed by atoms with Crippen LogP contribution in [0.1, 0.15) is 29.4 Å². The van der Waals surface area contributed by atoms with Crippen molar-refractivity contribution in [2.75, 3.05) is 6.54 Å². The van der Waals surface area contributed by atoms with Crippen LogP contribution in [-0.2, 0) is 6.42 Å². The lowest BCUT2D eigenvalue weighted by atomic mass is 10.1. The van der Waals surface area contributed by atoms with Crippen molar-refractivity contribution in [3.8, 4) is 0 Å². The molecule has 2 unspecified atom stereocenters. The molecule has 0 aliphatic carbocycles. The molecule has 0 spiro atoms. The molecule has 1 aromatic carbocycles. The molecule has 3 N–H and O–H groups in total. The summed E-state index contributed by atoms with van der Waals surface area (Å²) in [6.07, 6.45) is 2.63. The molecule has 0 fully saturated rings. The zero-order chi connectivity index (χ0) is 12.5. The van der Waals surface area contributed by atoms with Gasteiger partial charge in [0.15, 0.2) is 0 Å². The molecule has 2 heterocycles. The highest BCUT2D eigenvalue weighted by Gasteiger charge is 2.35. The lowest BCUT2D eigenvalue weighted by Crippen LogP contribution is -2.28. The van der Waals surface area contributed by atoms with E-state index < -0.39 is 12.5 Å². The van der Waals surface area contributed by atoms with E-state index in [0.29, 0.717) is 13.0 Å². The molecular weight excluding hydrogens is 230 g/mol. The van der Waals surface area contributed by atoms with Gasteiger partial charge >= 0.3 is 0 Å². The minimum absolute atomic E-state index is 0.546. The summed E-state index contributed by atoms with van der Waals surface area (Å²) >= 11 is 0. The van der Waals surface area contributed by atoms with Crippen LogP contribution >= 0.6 is 0 Å². The predicted molar refractivity (Wildman–Crippen MR) is 65.4 cm³/mol. The van der Waals surface area contributed by atoms with Gasteiger partial charge in [0.1, 0.15) is 18.3 Å². The fourth-order valence-corrected chi connectivity index (χ4v) is 2.39. The molecule has 0 bridgehead atoms. The van der Waals surface area contributed by atoms with Crippen LogP contribution in [0.25, 0.3) is 0 Å². The van der Waals surface area contributed by atoms with E-state index >= 15 is 0 Å². The number of aromatic nitrogens is 2. The van der Waals surface area contributed by atoms with Gasteiger partial charge in [-0.25, -0.2) is 9.88 Å². The van der Waals surface area contributed by atoms with Crippen molar-refractivity contribution < 1.29 is 10.2 Å². The number of aliphatic hydroxyl groups excluding tert-OH is 2. The molecule has 5 heteroatoms. The van der Waals surface area contributed by atoms with Crippen LogP contribution < -0.4 is 0 Å². The third-order valence-electron chi connectivity index (χ3n) is 3.34. The molecule has 5 nitrogen and oxygen atoms in total. The second-order valence-corrected chi connectivity index (χ2v) is 4.40. The number of imidazole rings is 1. The Balaban J connectivity index is 1.75. The molecular formula is C13H15N3O2. The number of hydrogen-bond acceptors (Lipinski definition) is 4. The van der Waals surface area contributed by atoms with Crippen LogP contribution in [-0.4, -0.2) is 31.6 Å². The van der Waals surface area contributed by atoms with Crippen molar-refractivity contribution in [3.05, 3.63) is 53.6 Å². The summed E-state index contributed by atoms with van der Waals surface area (Å²) < 4.78 is 0. The van der Waals surface area contributed by atoms with E-state index in [0.717, 1.165) is 17.0 Å². The highest BCUT2D eigenvalue weighted by molar-refractivity contribution is 5.34. The summed E-state index contributed by atoms with van der Waals surface area (Å²) in [6.45, 7) is 0.546. The Morgan fingerprint density at radius 1 is 1.17 bits per heavy atom. The molecule has 1 aliphatic rings. The third-order valence-corrected chi connectivity index (χ3v) is 3.34. The molecule has 2 atom stereocenters. The first-order chi connectivity index (χ1) is 8.77. The van der Waals surface area contributed by atoms with E-state index in [9.17, 15) is 10.2 Å². The molecule has 18 heavy (non-hydrogen) atoms. The molecule has 1 aromatic heterocycles. The van der Waals surface area contributed by atoms with Gasteiger partial charge in [-0.1, -0.05) is 24.3 Å². The topological polar surface area (TPSA) is 72.4 Å². The van der Waals surface area contributed by atoms with Gasteiger partial charge in [-0.3, -0.25) is 0 Å². The van der Waals surface area contributed by atoms with Gasteiger partial charge in [0.05, 0.1) is 0 Å². The second-order valence-electron chi connectivity index (χ2n) is 4.40. The normalized spacial score (nSPS) is 23.2. The molecule has 94 valence electrons. The predicted octanol–water partition coefficient (Wildman–Crippen LogP) is 0.950. The van der Waals surface area contributed by atoms with Crippen molar-refractivity contribution >= 4 is 0 Å². The Morgan fingerprint density at radius 2 is 1.83 bits per heavy atom. The van der Waals surface area contributed by atoms with E-state index in [-0.39, 0.29) is 0 Å². The number of fused-ring (bicyclic) bond motifs is 1. The highest BCUT2D eigenvalue weighted by atomic mass is 16.3. The molecule has 1 aliphatic heterocycles. The second kappa shape index (κ2) is 4.53. The van der Waals surface area contributed by atoms with Crippen molar-refractivity contribution in [3.63, 3.8) is 0 Å². The van der Waals surface area contributed by atoms with E-state index in [1.165, 1.54) is 0 Å². The number of aliphatic hydroxyl groups is 2. The minimum atomic E-state index is -0.744. The Kier molecular flexibility index (Phi) is 2.87. The number of benzene rings is 1. The summed E-state index contributed by atoms with van der Waals surface area (Å²) in [6, 6.07) is 7.42. The van der Waals surface area contributed by atoms with Gasteiger partial charge in [-0.05, 0) is 0 Å². The van der Waals surface area contributed by atoms with Gasteiger partial charge in [-0.15, -0.1) is 0 Å². The maximum atomic E-state index is 10.2. The van der Waals surface area contributed by atoms with Crippen LogP contribution in [0.15, 0.2) is 36.7 Å². The van der Waals surface area contributed by atoms with Gasteiger partial charge in [0, 0.05) is 36.5 Å². The SMILES string of the molecule is OC1c2ccccc2C(O)N1CCc1ncc[nH]1. The fourth-order valence-electron chi connectivity index (χ4n) is 2.39. The maximum Gasteiger partial charge on any atom is 0.136 e. The van der Waals surface area contributed by atoms with Gasteiger partial charge in [0.2, 0.25) is 0 Å². The minimum Gasteiger partial charge on any atom is -0.374 e. The third kappa shape index (κ3) is 1.82. The van der Waals surface area contributed by atoms with E-state index in [1.54, 1.807) is 17.3 Å². The van der Waals surface area contributed by atoms with E-state index in [4.69, 9.17) is 0 Å². The van der Waals surface area contributed by atoms with Crippen LogP contribution in [0.2, 0.25) is 0 Å². The zero-order valence-electron chi connectivity index (χ0n) is 9.82. The van der Waals surface area contributed by atoms with Crippen molar-refractivity contribution in [1.82, 2.24) is 14.9 Å². The summed E-state index contributed by atoms with van der Waals surface area (Å²) in [7, 11) is 0. The maximum absolute atomic E-state index is 10.2. The summed E-state index contributed by atoms with van der Waals surface area (Å²) in [4.78, 5) is 8.80.